The third-order valence-electron chi connectivity index (χ3n) is 6.29. The first-order valence-electron chi connectivity index (χ1n) is 12.2. The van der Waals surface area contributed by atoms with Crippen molar-refractivity contribution in [1.82, 2.24) is 9.88 Å². The van der Waals surface area contributed by atoms with Crippen molar-refractivity contribution < 1.29 is 9.53 Å². The van der Waals surface area contributed by atoms with Crippen molar-refractivity contribution >= 4 is 39.0 Å². The van der Waals surface area contributed by atoms with Crippen molar-refractivity contribution in [2.45, 2.75) is 51.8 Å². The third kappa shape index (κ3) is 5.42. The molecule has 3 aromatic rings. The molecule has 0 atom stereocenters. The van der Waals surface area contributed by atoms with Crippen LogP contribution in [0.2, 0.25) is 0 Å². The molecule has 2 aromatic carbocycles. The zero-order chi connectivity index (χ0) is 24.6. The monoisotopic (exact) mass is 489 g/mol. The van der Waals surface area contributed by atoms with E-state index in [1.807, 2.05) is 45.0 Å². The summed E-state index contributed by atoms with van der Waals surface area (Å²) in [4.78, 5) is 24.2. The van der Waals surface area contributed by atoms with Crippen LogP contribution >= 0.6 is 11.3 Å². The normalized spacial score (nSPS) is 16.8. The highest BCUT2D eigenvalue weighted by Crippen LogP contribution is 2.36. The van der Waals surface area contributed by atoms with Gasteiger partial charge in [0, 0.05) is 37.9 Å². The number of nitriles is 1. The average Bonchev–Trinajstić information content (AvgIpc) is 3.56. The Balaban J connectivity index is 1.30. The van der Waals surface area contributed by atoms with Crippen molar-refractivity contribution in [1.29, 1.82) is 5.26 Å². The zero-order valence-corrected chi connectivity index (χ0v) is 21.3. The maximum absolute atomic E-state index is 13.0. The van der Waals surface area contributed by atoms with Crippen molar-refractivity contribution in [2.75, 3.05) is 36.0 Å². The Kier molecular flexibility index (Phi) is 6.39. The summed E-state index contributed by atoms with van der Waals surface area (Å²) in [5, 5.41) is 10.9. The molecule has 2 heterocycles. The standard InChI is InChI=1S/C27H31N5O2S/c1-27(2,3)34-26(33)32(20-10-11-20)21-9-8-19(17-28)23(16-21)31-14-12-30(13-15-31)18-25-29-22-6-4-5-7-24(22)35-25/h4-9,16,20H,10-15,18H2,1-3H3. The molecule has 0 unspecified atom stereocenters. The Morgan fingerprint density at radius 2 is 1.91 bits per heavy atom. The van der Waals surface area contributed by atoms with Crippen molar-refractivity contribution in [3.8, 4) is 6.07 Å². The third-order valence-corrected chi connectivity index (χ3v) is 7.31. The first-order valence-corrected chi connectivity index (χ1v) is 13.0. The molecular weight excluding hydrogens is 458 g/mol. The van der Waals surface area contributed by atoms with Crippen molar-refractivity contribution in [3.63, 3.8) is 0 Å². The van der Waals surface area contributed by atoms with E-state index in [4.69, 9.17) is 9.72 Å². The van der Waals surface area contributed by atoms with Crippen LogP contribution in [0.4, 0.5) is 16.2 Å². The summed E-state index contributed by atoms with van der Waals surface area (Å²) in [5.74, 6) is 0. The van der Waals surface area contributed by atoms with Crippen LogP contribution in [0.5, 0.6) is 0 Å². The second-order valence-corrected chi connectivity index (χ2v) is 11.3. The van der Waals surface area contributed by atoms with E-state index < -0.39 is 5.60 Å². The number of rotatable bonds is 5. The molecule has 0 N–H and O–H groups in total. The van der Waals surface area contributed by atoms with Crippen LogP contribution < -0.4 is 9.80 Å². The van der Waals surface area contributed by atoms with Gasteiger partial charge in [-0.25, -0.2) is 9.78 Å². The van der Waals surface area contributed by atoms with E-state index in [2.05, 4.69) is 34.1 Å². The highest BCUT2D eigenvalue weighted by Gasteiger charge is 2.37. The molecule has 1 aliphatic carbocycles. The average molecular weight is 490 g/mol. The fraction of sp³-hybridized carbons (Fsp3) is 0.444. The number of aromatic nitrogens is 1. The summed E-state index contributed by atoms with van der Waals surface area (Å²) < 4.78 is 6.91. The molecule has 7 nitrogen and oxygen atoms in total. The summed E-state index contributed by atoms with van der Waals surface area (Å²) in [6.45, 7) is 9.91. The van der Waals surface area contributed by atoms with Crippen LogP contribution in [0.1, 0.15) is 44.2 Å². The van der Waals surface area contributed by atoms with Crippen molar-refractivity contribution in [3.05, 3.63) is 53.0 Å². The number of para-hydroxylation sites is 1. The van der Waals surface area contributed by atoms with E-state index in [-0.39, 0.29) is 12.1 Å². The van der Waals surface area contributed by atoms with E-state index in [0.29, 0.717) is 5.56 Å². The molecule has 5 rings (SSSR count). The van der Waals surface area contributed by atoms with Gasteiger partial charge in [0.05, 0.1) is 28.0 Å². The minimum absolute atomic E-state index is 0.163. The van der Waals surface area contributed by atoms with E-state index in [0.717, 1.165) is 67.5 Å². The minimum Gasteiger partial charge on any atom is -0.443 e. The number of hydrogen-bond acceptors (Lipinski definition) is 7. The van der Waals surface area contributed by atoms with Gasteiger partial charge in [0.1, 0.15) is 16.7 Å². The molecule has 2 aliphatic rings. The predicted molar refractivity (Wildman–Crippen MR) is 140 cm³/mol. The smallest absolute Gasteiger partial charge is 0.415 e. The molecule has 35 heavy (non-hydrogen) atoms. The molecular formula is C27H31N5O2S. The van der Waals surface area contributed by atoms with Gasteiger partial charge in [0.2, 0.25) is 0 Å². The van der Waals surface area contributed by atoms with Crippen LogP contribution in [-0.4, -0.2) is 53.8 Å². The van der Waals surface area contributed by atoms with Crippen LogP contribution in [0.3, 0.4) is 0 Å². The molecule has 0 radical (unpaired) electrons. The van der Waals surface area contributed by atoms with E-state index in [9.17, 15) is 10.1 Å². The van der Waals surface area contributed by atoms with Crippen LogP contribution in [-0.2, 0) is 11.3 Å². The molecule has 1 saturated carbocycles. The number of ether oxygens (including phenoxy) is 1. The molecule has 182 valence electrons. The van der Waals surface area contributed by atoms with Gasteiger partial charge in [-0.15, -0.1) is 11.3 Å². The van der Waals surface area contributed by atoms with Crippen LogP contribution in [0.25, 0.3) is 10.2 Å². The number of amides is 1. The number of fused-ring (bicyclic) bond motifs is 1. The first kappa shape index (κ1) is 23.6. The first-order chi connectivity index (χ1) is 16.8. The molecule has 1 saturated heterocycles. The van der Waals surface area contributed by atoms with Gasteiger partial charge in [0.15, 0.2) is 0 Å². The fourth-order valence-electron chi connectivity index (χ4n) is 4.46. The van der Waals surface area contributed by atoms with Gasteiger partial charge < -0.3 is 9.64 Å². The topological polar surface area (TPSA) is 72.7 Å². The summed E-state index contributed by atoms with van der Waals surface area (Å²) in [6, 6.07) is 16.5. The molecule has 1 aromatic heterocycles. The van der Waals surface area contributed by atoms with E-state index >= 15 is 0 Å². The summed E-state index contributed by atoms with van der Waals surface area (Å²) in [5.41, 5.74) is 2.82. The van der Waals surface area contributed by atoms with Gasteiger partial charge in [-0.1, -0.05) is 12.1 Å². The number of thiazole rings is 1. The highest BCUT2D eigenvalue weighted by molar-refractivity contribution is 7.18. The maximum Gasteiger partial charge on any atom is 0.415 e. The molecule has 0 bridgehead atoms. The molecule has 0 spiro atoms. The largest absolute Gasteiger partial charge is 0.443 e. The lowest BCUT2D eigenvalue weighted by molar-refractivity contribution is 0.0578. The lowest BCUT2D eigenvalue weighted by Gasteiger charge is -2.36. The van der Waals surface area contributed by atoms with Gasteiger partial charge in [-0.2, -0.15) is 5.26 Å². The number of carbonyl (C=O) groups is 1. The number of carbonyl (C=O) groups excluding carboxylic acids is 1. The Labute approximate surface area is 210 Å². The zero-order valence-electron chi connectivity index (χ0n) is 20.5. The summed E-state index contributed by atoms with van der Waals surface area (Å²) in [6.07, 6.45) is 1.62. The van der Waals surface area contributed by atoms with Gasteiger partial charge in [-0.05, 0) is 63.9 Å². The minimum atomic E-state index is -0.556. The highest BCUT2D eigenvalue weighted by atomic mass is 32.1. The van der Waals surface area contributed by atoms with Crippen LogP contribution in [0.15, 0.2) is 42.5 Å². The van der Waals surface area contributed by atoms with E-state index in [1.54, 1.807) is 16.2 Å². The number of hydrogen-bond donors (Lipinski definition) is 0. The van der Waals surface area contributed by atoms with Crippen LogP contribution in [0, 0.1) is 11.3 Å². The Hall–Kier alpha value is -3.15. The fourth-order valence-corrected chi connectivity index (χ4v) is 5.47. The SMILES string of the molecule is CC(C)(C)OC(=O)N(c1ccc(C#N)c(N2CCN(Cc3nc4ccccc4s3)CC2)c1)C1CC1. The Morgan fingerprint density at radius 3 is 2.57 bits per heavy atom. The number of benzene rings is 2. The maximum atomic E-state index is 13.0. The number of nitrogens with zero attached hydrogens (tertiary/aromatic N) is 5. The number of piperazine rings is 1. The van der Waals surface area contributed by atoms with Gasteiger partial charge >= 0.3 is 6.09 Å². The second-order valence-electron chi connectivity index (χ2n) is 10.2. The Morgan fingerprint density at radius 1 is 1.17 bits per heavy atom. The number of anilines is 2. The van der Waals surface area contributed by atoms with Crippen molar-refractivity contribution in [2.24, 2.45) is 0 Å². The molecule has 1 aliphatic heterocycles. The molecule has 2 fully saturated rings. The van der Waals surface area contributed by atoms with Gasteiger partial charge in [0.25, 0.3) is 0 Å². The molecule has 8 heteroatoms. The quantitative estimate of drug-likeness (QED) is 0.478. The summed E-state index contributed by atoms with van der Waals surface area (Å²) >= 11 is 1.76. The second kappa shape index (κ2) is 9.48. The molecule has 1 amide bonds. The predicted octanol–water partition coefficient (Wildman–Crippen LogP) is 5.39. The van der Waals surface area contributed by atoms with E-state index in [1.165, 1.54) is 4.70 Å². The van der Waals surface area contributed by atoms with Gasteiger partial charge in [-0.3, -0.25) is 9.80 Å². The lowest BCUT2D eigenvalue weighted by atomic mass is 10.1. The summed E-state index contributed by atoms with van der Waals surface area (Å²) in [7, 11) is 0. The lowest BCUT2D eigenvalue weighted by Crippen LogP contribution is -2.46. The Bertz CT molecular complexity index is 1230.